The molecule has 2 aromatic rings. The molecule has 0 heterocycles. The van der Waals surface area contributed by atoms with E-state index < -0.39 is 17.8 Å². The smallest absolute Gasteiger partial charge is 0.258 e. The van der Waals surface area contributed by atoms with Gasteiger partial charge in [-0.1, -0.05) is 30.4 Å². The minimum atomic E-state index is -1.17. The van der Waals surface area contributed by atoms with Gasteiger partial charge in [0.1, 0.15) is 0 Å². The van der Waals surface area contributed by atoms with Crippen molar-refractivity contribution in [3.63, 3.8) is 0 Å². The summed E-state index contributed by atoms with van der Waals surface area (Å²) in [6.45, 7) is 2.45. The van der Waals surface area contributed by atoms with Gasteiger partial charge in [0, 0.05) is 35.4 Å². The maximum absolute atomic E-state index is 12.9. The largest absolute Gasteiger partial charge is 0.550 e. The fourth-order valence-corrected chi connectivity index (χ4v) is 4.63. The van der Waals surface area contributed by atoms with Crippen LogP contribution in [0.1, 0.15) is 23.7 Å². The van der Waals surface area contributed by atoms with Crippen LogP contribution in [0.15, 0.2) is 66.7 Å². The predicted molar refractivity (Wildman–Crippen MR) is 112 cm³/mol. The summed E-state index contributed by atoms with van der Waals surface area (Å²) in [7, 11) is 0. The monoisotopic (exact) mass is 403 g/mol. The van der Waals surface area contributed by atoms with E-state index in [2.05, 4.69) is 5.32 Å². The molecule has 2 bridgehead atoms. The lowest BCUT2D eigenvalue weighted by molar-refractivity contribution is -0.313. The molecule has 1 fully saturated rings. The number of fused-ring (bicyclic) bond motifs is 2. The Labute approximate surface area is 175 Å². The zero-order chi connectivity index (χ0) is 21.3. The van der Waals surface area contributed by atoms with Crippen LogP contribution in [0.4, 0.5) is 11.4 Å². The molecule has 0 aliphatic heterocycles. The van der Waals surface area contributed by atoms with Gasteiger partial charge in [0.2, 0.25) is 5.91 Å². The first-order chi connectivity index (χ1) is 14.5. The second-order valence-electron chi connectivity index (χ2n) is 7.77. The highest BCUT2D eigenvalue weighted by atomic mass is 16.4. The second-order valence-corrected chi connectivity index (χ2v) is 7.77. The Bertz CT molecular complexity index is 984. The Hall–Kier alpha value is -3.41. The van der Waals surface area contributed by atoms with E-state index in [9.17, 15) is 19.5 Å². The molecule has 0 unspecified atom stereocenters. The zero-order valence-electron chi connectivity index (χ0n) is 16.7. The van der Waals surface area contributed by atoms with Crippen molar-refractivity contribution in [2.24, 2.45) is 23.7 Å². The van der Waals surface area contributed by atoms with Crippen molar-refractivity contribution < 1.29 is 19.5 Å². The standard InChI is InChI=1S/C24H24N2O4/c1-2-26(19-6-4-3-5-7-19)23(28)15-10-12-18(13-11-15)25-22(27)20-16-8-9-17(14-16)21(20)24(29)30/h3-13,16-17,20-21H,2,14H2,1H3,(H,25,27)(H,29,30)/p-1/t16-,17-,20-,21-/m0/s1. The van der Waals surface area contributed by atoms with E-state index in [-0.39, 0.29) is 23.7 Å². The maximum Gasteiger partial charge on any atom is 0.258 e. The van der Waals surface area contributed by atoms with Crippen LogP contribution in [0.25, 0.3) is 0 Å². The van der Waals surface area contributed by atoms with Gasteiger partial charge in [-0.2, -0.15) is 0 Å². The minimum absolute atomic E-state index is 0.0669. The lowest BCUT2D eigenvalue weighted by Crippen LogP contribution is -2.42. The Morgan fingerprint density at radius 1 is 0.967 bits per heavy atom. The number of hydrogen-bond donors (Lipinski definition) is 1. The number of rotatable bonds is 6. The Balaban J connectivity index is 1.46. The highest BCUT2D eigenvalue weighted by Gasteiger charge is 2.48. The molecule has 2 amide bonds. The normalized spacial score (nSPS) is 23.9. The number of carboxylic acids is 1. The number of anilines is 2. The molecule has 4 rings (SSSR count). The quantitative estimate of drug-likeness (QED) is 0.751. The van der Waals surface area contributed by atoms with Crippen LogP contribution in [0.3, 0.4) is 0 Å². The van der Waals surface area contributed by atoms with Gasteiger partial charge < -0.3 is 20.1 Å². The Morgan fingerprint density at radius 3 is 2.20 bits per heavy atom. The molecule has 6 heteroatoms. The van der Waals surface area contributed by atoms with Crippen molar-refractivity contribution in [1.82, 2.24) is 0 Å². The number of allylic oxidation sites excluding steroid dienone is 2. The molecule has 30 heavy (non-hydrogen) atoms. The van der Waals surface area contributed by atoms with Gasteiger partial charge in [-0.15, -0.1) is 0 Å². The summed E-state index contributed by atoms with van der Waals surface area (Å²) in [4.78, 5) is 38.8. The van der Waals surface area contributed by atoms with Crippen molar-refractivity contribution in [3.05, 3.63) is 72.3 Å². The number of carbonyl (C=O) groups is 3. The van der Waals surface area contributed by atoms with E-state index in [1.54, 1.807) is 29.2 Å². The third-order valence-corrected chi connectivity index (χ3v) is 6.06. The van der Waals surface area contributed by atoms with E-state index in [1.165, 1.54) is 0 Å². The lowest BCUT2D eigenvalue weighted by atomic mass is 9.82. The molecule has 0 aromatic heterocycles. The summed E-state index contributed by atoms with van der Waals surface area (Å²) >= 11 is 0. The second kappa shape index (κ2) is 8.14. The molecule has 2 aromatic carbocycles. The maximum atomic E-state index is 12.9. The molecule has 0 saturated heterocycles. The van der Waals surface area contributed by atoms with Crippen LogP contribution in [0, 0.1) is 23.7 Å². The van der Waals surface area contributed by atoms with E-state index >= 15 is 0 Å². The molecule has 154 valence electrons. The van der Waals surface area contributed by atoms with E-state index in [0.717, 1.165) is 5.69 Å². The van der Waals surface area contributed by atoms with Gasteiger partial charge in [0.05, 0.1) is 5.92 Å². The average molecular weight is 403 g/mol. The third kappa shape index (κ3) is 3.61. The fraction of sp³-hybridized carbons (Fsp3) is 0.292. The molecule has 2 aliphatic rings. The first-order valence-corrected chi connectivity index (χ1v) is 10.2. The number of hydrogen-bond acceptors (Lipinski definition) is 4. The van der Waals surface area contributed by atoms with Crippen molar-refractivity contribution in [2.75, 3.05) is 16.8 Å². The minimum Gasteiger partial charge on any atom is -0.550 e. The number of carboxylic acid groups (broad SMARTS) is 1. The van der Waals surface area contributed by atoms with Crippen molar-refractivity contribution in [2.45, 2.75) is 13.3 Å². The van der Waals surface area contributed by atoms with Crippen LogP contribution >= 0.6 is 0 Å². The topological polar surface area (TPSA) is 89.5 Å². The molecule has 2 aliphatic carbocycles. The van der Waals surface area contributed by atoms with Crippen LogP contribution in [-0.2, 0) is 9.59 Å². The third-order valence-electron chi connectivity index (χ3n) is 6.06. The van der Waals surface area contributed by atoms with Gasteiger partial charge >= 0.3 is 0 Å². The first-order valence-electron chi connectivity index (χ1n) is 10.2. The molecule has 0 radical (unpaired) electrons. The van der Waals surface area contributed by atoms with Crippen LogP contribution < -0.4 is 15.3 Å². The molecule has 0 spiro atoms. The van der Waals surface area contributed by atoms with Crippen LogP contribution in [-0.4, -0.2) is 24.3 Å². The number of amides is 2. The highest BCUT2D eigenvalue weighted by Crippen LogP contribution is 2.48. The number of carbonyl (C=O) groups excluding carboxylic acids is 3. The number of para-hydroxylation sites is 1. The SMILES string of the molecule is CCN(C(=O)c1ccc(NC(=O)[C@@H]2[C@@H](C(=O)[O-])[C@H]3C=C[C@H]2C3)cc1)c1ccccc1. The summed E-state index contributed by atoms with van der Waals surface area (Å²) in [6.07, 6.45) is 4.48. The lowest BCUT2D eigenvalue weighted by Gasteiger charge is -2.27. The summed E-state index contributed by atoms with van der Waals surface area (Å²) in [5.41, 5.74) is 1.86. The zero-order valence-corrected chi connectivity index (χ0v) is 16.7. The van der Waals surface area contributed by atoms with Gasteiger partial charge in [-0.05, 0) is 61.6 Å². The van der Waals surface area contributed by atoms with Crippen molar-refractivity contribution in [1.29, 1.82) is 0 Å². The summed E-state index contributed by atoms with van der Waals surface area (Å²) in [6, 6.07) is 16.1. The average Bonchev–Trinajstić information content (AvgIpc) is 3.37. The Kier molecular flexibility index (Phi) is 5.40. The summed E-state index contributed by atoms with van der Waals surface area (Å²) in [5.74, 6) is -3.23. The fourth-order valence-electron chi connectivity index (χ4n) is 4.63. The first kappa shape index (κ1) is 19.9. The molecule has 6 nitrogen and oxygen atoms in total. The molecule has 1 saturated carbocycles. The molecule has 4 atom stereocenters. The number of benzene rings is 2. The highest BCUT2D eigenvalue weighted by molar-refractivity contribution is 6.06. The van der Waals surface area contributed by atoms with Crippen LogP contribution in [0.5, 0.6) is 0 Å². The van der Waals surface area contributed by atoms with Crippen molar-refractivity contribution in [3.8, 4) is 0 Å². The van der Waals surface area contributed by atoms with Crippen LogP contribution in [0.2, 0.25) is 0 Å². The van der Waals surface area contributed by atoms with Gasteiger partial charge in [0.15, 0.2) is 0 Å². The number of nitrogens with zero attached hydrogens (tertiary/aromatic N) is 1. The number of aliphatic carboxylic acids is 1. The molecular formula is C24H23N2O4-. The summed E-state index contributed by atoms with van der Waals surface area (Å²) < 4.78 is 0. The molecular weight excluding hydrogens is 380 g/mol. The van der Waals surface area contributed by atoms with E-state index in [4.69, 9.17) is 0 Å². The van der Waals surface area contributed by atoms with E-state index in [1.807, 2.05) is 49.4 Å². The van der Waals surface area contributed by atoms with Crippen molar-refractivity contribution >= 4 is 29.2 Å². The summed E-state index contributed by atoms with van der Waals surface area (Å²) in [5, 5.41) is 14.3. The molecule has 1 N–H and O–H groups in total. The van der Waals surface area contributed by atoms with Gasteiger partial charge in [0.25, 0.3) is 5.91 Å². The van der Waals surface area contributed by atoms with Gasteiger partial charge in [-0.25, -0.2) is 0 Å². The predicted octanol–water partition coefficient (Wildman–Crippen LogP) is 2.48. The number of nitrogens with one attached hydrogen (secondary N) is 1. The van der Waals surface area contributed by atoms with Gasteiger partial charge in [-0.3, -0.25) is 9.59 Å². The van der Waals surface area contributed by atoms with E-state index in [0.29, 0.717) is 24.2 Å². The Morgan fingerprint density at radius 2 is 1.60 bits per heavy atom.